The first-order valence-electron chi connectivity index (χ1n) is 5.54. The van der Waals surface area contributed by atoms with E-state index in [1.165, 1.54) is 17.8 Å². The molecular weight excluding hydrogens is 310 g/mol. The fourth-order valence-corrected chi connectivity index (χ4v) is 2.14. The molecule has 2 N–H and O–H groups in total. The van der Waals surface area contributed by atoms with Crippen molar-refractivity contribution < 1.29 is 4.79 Å². The Morgan fingerprint density at radius 3 is 2.74 bits per heavy atom. The van der Waals surface area contributed by atoms with Gasteiger partial charge in [0.25, 0.3) is 5.91 Å². The van der Waals surface area contributed by atoms with Crippen LogP contribution in [-0.4, -0.2) is 15.5 Å². The van der Waals surface area contributed by atoms with Crippen molar-refractivity contribution in [2.45, 2.75) is 6.92 Å². The highest BCUT2D eigenvalue weighted by Gasteiger charge is 2.16. The average molecular weight is 322 g/mol. The van der Waals surface area contributed by atoms with E-state index in [-0.39, 0.29) is 5.56 Å². The molecule has 0 saturated heterocycles. The van der Waals surface area contributed by atoms with Crippen molar-refractivity contribution >= 4 is 21.8 Å². The maximum atomic E-state index is 11.7. The van der Waals surface area contributed by atoms with E-state index in [1.54, 1.807) is 0 Å². The smallest absolute Gasteiger partial charge is 0.347 e. The molecule has 5 nitrogen and oxygen atoms in total. The van der Waals surface area contributed by atoms with Gasteiger partial charge in [-0.2, -0.15) is 4.98 Å². The maximum Gasteiger partial charge on any atom is 0.347 e. The van der Waals surface area contributed by atoms with Crippen LogP contribution in [0.25, 0.3) is 11.3 Å². The van der Waals surface area contributed by atoms with Gasteiger partial charge in [0.15, 0.2) is 0 Å². The summed E-state index contributed by atoms with van der Waals surface area (Å²) in [6, 6.07) is 5.57. The predicted molar refractivity (Wildman–Crippen MR) is 75.9 cm³/mol. The van der Waals surface area contributed by atoms with Crippen molar-refractivity contribution in [1.29, 1.82) is 0 Å². The normalized spacial score (nSPS) is 10.5. The number of nitrogens with two attached hydrogens (primary N) is 1. The highest BCUT2D eigenvalue weighted by atomic mass is 79.9. The second kappa shape index (κ2) is 4.97. The number of halogens is 1. The number of rotatable bonds is 2. The number of hydrogen-bond donors (Lipinski definition) is 1. The molecule has 0 fully saturated rings. The molecule has 0 aliphatic heterocycles. The first-order valence-corrected chi connectivity index (χ1v) is 6.33. The molecule has 2 rings (SSSR count). The summed E-state index contributed by atoms with van der Waals surface area (Å²) in [7, 11) is 1.53. The highest BCUT2D eigenvalue weighted by Crippen LogP contribution is 2.26. The first-order chi connectivity index (χ1) is 8.90. The number of carbonyl (C=O) groups excluding carboxylic acids is 1. The van der Waals surface area contributed by atoms with E-state index in [0.717, 1.165) is 10.0 Å². The van der Waals surface area contributed by atoms with Crippen LogP contribution in [0.15, 0.2) is 33.7 Å². The number of primary amides is 1. The van der Waals surface area contributed by atoms with Gasteiger partial charge in [0.2, 0.25) is 0 Å². The first kappa shape index (κ1) is 13.5. The lowest BCUT2D eigenvalue weighted by molar-refractivity contribution is 0.1000. The number of aryl methyl sites for hydroxylation is 2. The van der Waals surface area contributed by atoms with Crippen LogP contribution in [0.2, 0.25) is 0 Å². The molecule has 19 heavy (non-hydrogen) atoms. The zero-order valence-electron chi connectivity index (χ0n) is 10.5. The molecule has 1 heterocycles. The summed E-state index contributed by atoms with van der Waals surface area (Å²) in [6.45, 7) is 1.88. The number of benzene rings is 1. The maximum absolute atomic E-state index is 11.7. The van der Waals surface area contributed by atoms with Crippen LogP contribution in [-0.2, 0) is 7.05 Å². The molecule has 1 amide bonds. The molecule has 1 aromatic carbocycles. The Bertz CT molecular complexity index is 722. The Hall–Kier alpha value is -1.95. The van der Waals surface area contributed by atoms with E-state index in [0.29, 0.717) is 11.3 Å². The van der Waals surface area contributed by atoms with Gasteiger partial charge < -0.3 is 10.3 Å². The van der Waals surface area contributed by atoms with E-state index in [1.807, 2.05) is 25.1 Å². The Kier molecular flexibility index (Phi) is 3.53. The van der Waals surface area contributed by atoms with Crippen LogP contribution in [0.5, 0.6) is 0 Å². The van der Waals surface area contributed by atoms with E-state index in [9.17, 15) is 9.59 Å². The van der Waals surface area contributed by atoms with Crippen LogP contribution in [0.4, 0.5) is 0 Å². The second-order valence-corrected chi connectivity index (χ2v) is 5.14. The van der Waals surface area contributed by atoms with Gasteiger partial charge in [-0.25, -0.2) is 4.79 Å². The van der Waals surface area contributed by atoms with Crippen molar-refractivity contribution in [3.05, 3.63) is 50.5 Å². The van der Waals surface area contributed by atoms with Crippen molar-refractivity contribution in [3.8, 4) is 11.3 Å². The Morgan fingerprint density at radius 1 is 1.42 bits per heavy atom. The largest absolute Gasteiger partial charge is 0.365 e. The minimum absolute atomic E-state index is 0.225. The third-order valence-electron chi connectivity index (χ3n) is 2.81. The summed E-state index contributed by atoms with van der Waals surface area (Å²) in [5, 5.41) is 0. The third-order valence-corrected chi connectivity index (χ3v) is 3.30. The lowest BCUT2D eigenvalue weighted by Crippen LogP contribution is -2.25. The third kappa shape index (κ3) is 2.58. The van der Waals surface area contributed by atoms with Gasteiger partial charge in [-0.05, 0) is 24.6 Å². The minimum Gasteiger partial charge on any atom is -0.365 e. The summed E-state index contributed by atoms with van der Waals surface area (Å²) < 4.78 is 2.07. The quantitative estimate of drug-likeness (QED) is 0.912. The minimum atomic E-state index is -0.613. The summed E-state index contributed by atoms with van der Waals surface area (Å²) in [6.07, 6.45) is 1.41. The number of nitrogens with zero attached hydrogens (tertiary/aromatic N) is 2. The summed E-state index contributed by atoms with van der Waals surface area (Å²) in [5.74, 6) is -0.613. The van der Waals surface area contributed by atoms with E-state index < -0.39 is 11.6 Å². The monoisotopic (exact) mass is 321 g/mol. The molecule has 2 aromatic rings. The second-order valence-electron chi connectivity index (χ2n) is 4.22. The van der Waals surface area contributed by atoms with Gasteiger partial charge in [-0.15, -0.1) is 0 Å². The number of carbonyl (C=O) groups is 1. The molecule has 0 aliphatic carbocycles. The van der Waals surface area contributed by atoms with Crippen molar-refractivity contribution in [2.75, 3.05) is 0 Å². The van der Waals surface area contributed by atoms with Gasteiger partial charge in [-0.1, -0.05) is 22.0 Å². The molecule has 0 spiro atoms. The summed E-state index contributed by atoms with van der Waals surface area (Å²) in [5.41, 5.74) is 7.08. The molecule has 0 atom stereocenters. The molecule has 0 saturated carbocycles. The fraction of sp³-hybridized carbons (Fsp3) is 0.154. The van der Waals surface area contributed by atoms with Crippen LogP contribution >= 0.6 is 15.9 Å². The van der Waals surface area contributed by atoms with E-state index in [4.69, 9.17) is 5.73 Å². The standard InChI is InChI=1S/C13H12BrN3O2/c1-7-3-4-8(14)5-9(7)11-10(12(15)18)6-17(2)13(19)16-11/h3-6H,1-2H3,(H2,15,18). The lowest BCUT2D eigenvalue weighted by Gasteiger charge is -2.10. The van der Waals surface area contributed by atoms with E-state index >= 15 is 0 Å². The van der Waals surface area contributed by atoms with Crippen molar-refractivity contribution in [1.82, 2.24) is 9.55 Å². The van der Waals surface area contributed by atoms with Gasteiger partial charge in [-0.3, -0.25) is 4.79 Å². The van der Waals surface area contributed by atoms with Crippen LogP contribution < -0.4 is 11.4 Å². The van der Waals surface area contributed by atoms with Gasteiger partial charge in [0, 0.05) is 23.3 Å². The molecule has 98 valence electrons. The SMILES string of the molecule is Cc1ccc(Br)cc1-c1nc(=O)n(C)cc1C(N)=O. The molecule has 0 aliphatic rings. The van der Waals surface area contributed by atoms with Crippen LogP contribution in [0.1, 0.15) is 15.9 Å². The molecule has 1 aromatic heterocycles. The zero-order chi connectivity index (χ0) is 14.2. The number of aromatic nitrogens is 2. The fourth-order valence-electron chi connectivity index (χ4n) is 1.78. The molecule has 0 radical (unpaired) electrons. The van der Waals surface area contributed by atoms with Gasteiger partial charge in [0.1, 0.15) is 0 Å². The molecule has 0 bridgehead atoms. The lowest BCUT2D eigenvalue weighted by atomic mass is 10.0. The van der Waals surface area contributed by atoms with E-state index in [2.05, 4.69) is 20.9 Å². The predicted octanol–water partition coefficient (Wildman–Crippen LogP) is 1.62. The molecule has 6 heteroatoms. The van der Waals surface area contributed by atoms with Crippen molar-refractivity contribution in [3.63, 3.8) is 0 Å². The Morgan fingerprint density at radius 2 is 2.11 bits per heavy atom. The van der Waals surface area contributed by atoms with Gasteiger partial charge >= 0.3 is 5.69 Å². The number of amides is 1. The Labute approximate surface area is 118 Å². The topological polar surface area (TPSA) is 78.0 Å². The Balaban J connectivity index is 2.81. The van der Waals surface area contributed by atoms with Crippen LogP contribution in [0.3, 0.4) is 0 Å². The average Bonchev–Trinajstić information content (AvgIpc) is 2.35. The number of hydrogen-bond acceptors (Lipinski definition) is 3. The summed E-state index contributed by atoms with van der Waals surface area (Å²) >= 11 is 3.36. The zero-order valence-corrected chi connectivity index (χ0v) is 12.1. The highest BCUT2D eigenvalue weighted by molar-refractivity contribution is 9.10. The molecule has 0 unspecified atom stereocenters. The molecular formula is C13H12BrN3O2. The van der Waals surface area contributed by atoms with Crippen molar-refractivity contribution in [2.24, 2.45) is 12.8 Å². The van der Waals surface area contributed by atoms with Gasteiger partial charge in [0.05, 0.1) is 11.3 Å². The van der Waals surface area contributed by atoms with Crippen LogP contribution in [0, 0.1) is 6.92 Å². The summed E-state index contributed by atoms with van der Waals surface area (Å²) in [4.78, 5) is 27.1.